The number of aromatic nitrogens is 2. The summed E-state index contributed by atoms with van der Waals surface area (Å²) in [6.45, 7) is 2.13. The molecule has 232 valence electrons. The summed E-state index contributed by atoms with van der Waals surface area (Å²) >= 11 is 0. The lowest BCUT2D eigenvalue weighted by atomic mass is 10.0. The van der Waals surface area contributed by atoms with Gasteiger partial charge in [-0.1, -0.05) is 115 Å². The third kappa shape index (κ3) is 5.22. The van der Waals surface area contributed by atoms with Crippen LogP contribution >= 0.6 is 0 Å². The molecule has 0 saturated heterocycles. The molecule has 0 spiro atoms. The summed E-state index contributed by atoms with van der Waals surface area (Å²) in [6.07, 6.45) is 3.66. The van der Waals surface area contributed by atoms with Gasteiger partial charge in [0.25, 0.3) is 0 Å². The smallest absolute Gasteiger partial charge is 0.133 e. The van der Waals surface area contributed by atoms with E-state index in [2.05, 4.69) is 151 Å². The molecule has 0 N–H and O–H groups in total. The van der Waals surface area contributed by atoms with Crippen LogP contribution in [0, 0.1) is 6.92 Å². The van der Waals surface area contributed by atoms with Crippen molar-refractivity contribution in [2.45, 2.75) is 6.92 Å². The van der Waals surface area contributed by atoms with Crippen LogP contribution in [0.3, 0.4) is 0 Å². The first-order valence-corrected chi connectivity index (χ1v) is 16.6. The largest absolute Gasteiger partial charge is 0.464 e. The second-order valence-corrected chi connectivity index (χ2v) is 12.5. The minimum Gasteiger partial charge on any atom is -0.464 e. The Balaban J connectivity index is 1.20. The zero-order chi connectivity index (χ0) is 32.7. The van der Waals surface area contributed by atoms with Gasteiger partial charge in [-0.25, -0.2) is 0 Å². The van der Waals surface area contributed by atoms with E-state index in [-0.39, 0.29) is 0 Å². The van der Waals surface area contributed by atoms with Crippen LogP contribution in [-0.4, -0.2) is 9.55 Å². The minimum atomic E-state index is 0.843. The van der Waals surface area contributed by atoms with Gasteiger partial charge in [0.1, 0.15) is 5.58 Å². The van der Waals surface area contributed by atoms with Crippen molar-refractivity contribution in [1.82, 2.24) is 9.55 Å². The Hall–Kier alpha value is -6.45. The first kappa shape index (κ1) is 28.7. The molecule has 6 aromatic carbocycles. The van der Waals surface area contributed by atoms with Crippen LogP contribution in [0.25, 0.3) is 82.7 Å². The minimum absolute atomic E-state index is 0.843. The van der Waals surface area contributed by atoms with E-state index < -0.39 is 0 Å². The lowest BCUT2D eigenvalue weighted by Gasteiger charge is -2.10. The molecule has 0 unspecified atom stereocenters. The predicted molar refractivity (Wildman–Crippen MR) is 205 cm³/mol. The average molecular weight is 629 g/mol. The zero-order valence-electron chi connectivity index (χ0n) is 27.0. The molecule has 0 bridgehead atoms. The molecule has 0 aliphatic rings. The molecular formula is C46H32N2O. The van der Waals surface area contributed by atoms with Crippen molar-refractivity contribution in [2.24, 2.45) is 0 Å². The summed E-state index contributed by atoms with van der Waals surface area (Å²) < 4.78 is 8.29. The quantitative estimate of drug-likeness (QED) is 0.194. The van der Waals surface area contributed by atoms with Gasteiger partial charge in [-0.15, -0.1) is 0 Å². The van der Waals surface area contributed by atoms with Crippen molar-refractivity contribution in [3.8, 4) is 39.2 Å². The van der Waals surface area contributed by atoms with Gasteiger partial charge in [-0.05, 0) is 94.5 Å². The van der Waals surface area contributed by atoms with Gasteiger partial charge in [0, 0.05) is 33.6 Å². The van der Waals surface area contributed by atoms with E-state index in [0.29, 0.717) is 0 Å². The zero-order valence-corrected chi connectivity index (χ0v) is 27.0. The second kappa shape index (κ2) is 12.0. The average Bonchev–Trinajstić information content (AvgIpc) is 3.53. The first-order chi connectivity index (χ1) is 24.2. The maximum atomic E-state index is 5.90. The van der Waals surface area contributed by atoms with Crippen LogP contribution in [0.2, 0.25) is 0 Å². The highest BCUT2D eigenvalue weighted by Gasteiger charge is 2.16. The highest BCUT2D eigenvalue weighted by Crippen LogP contribution is 2.39. The Kier molecular flexibility index (Phi) is 7.02. The number of hydrogen-bond acceptors (Lipinski definition) is 2. The van der Waals surface area contributed by atoms with E-state index >= 15 is 0 Å². The molecule has 0 saturated carbocycles. The van der Waals surface area contributed by atoms with Gasteiger partial charge >= 0.3 is 0 Å². The Morgan fingerprint density at radius 2 is 1.20 bits per heavy atom. The van der Waals surface area contributed by atoms with E-state index in [0.717, 1.165) is 39.0 Å². The third-order valence-electron chi connectivity index (χ3n) is 9.43. The molecule has 0 radical (unpaired) electrons. The van der Waals surface area contributed by atoms with E-state index in [1.165, 1.54) is 49.3 Å². The summed E-state index contributed by atoms with van der Waals surface area (Å²) in [7, 11) is 0. The number of rotatable bonds is 4. The third-order valence-corrected chi connectivity index (χ3v) is 9.43. The molecule has 3 aromatic heterocycles. The van der Waals surface area contributed by atoms with E-state index in [1.54, 1.807) is 6.26 Å². The summed E-state index contributed by atoms with van der Waals surface area (Å²) in [6, 6.07) is 58.1. The molecule has 9 aromatic rings. The van der Waals surface area contributed by atoms with Gasteiger partial charge in [-0.3, -0.25) is 4.98 Å². The topological polar surface area (TPSA) is 31.0 Å². The lowest BCUT2D eigenvalue weighted by Crippen LogP contribution is -1.94. The Bertz CT molecular complexity index is 2730. The van der Waals surface area contributed by atoms with E-state index in [4.69, 9.17) is 9.40 Å². The molecule has 3 heteroatoms. The second-order valence-electron chi connectivity index (χ2n) is 12.5. The Labute approximate surface area is 284 Å². The predicted octanol–water partition coefficient (Wildman–Crippen LogP) is 12.5. The molecule has 0 aliphatic heterocycles. The molecular weight excluding hydrogens is 597 g/mol. The normalized spacial score (nSPS) is 11.4. The molecule has 3 heterocycles. The van der Waals surface area contributed by atoms with Gasteiger partial charge in [0.05, 0.1) is 23.0 Å². The lowest BCUT2D eigenvalue weighted by molar-refractivity contribution is 0.606. The molecule has 49 heavy (non-hydrogen) atoms. The van der Waals surface area contributed by atoms with Crippen LogP contribution in [-0.2, 0) is 0 Å². The Morgan fingerprint density at radius 3 is 2.10 bits per heavy atom. The fourth-order valence-electron chi connectivity index (χ4n) is 7.03. The summed E-state index contributed by atoms with van der Waals surface area (Å²) in [5.74, 6) is 0. The molecule has 0 fully saturated rings. The maximum Gasteiger partial charge on any atom is 0.133 e. The SMILES string of the molecule is Cc1cccc(-c2ccnc(-c3ccc(-n4c5ccc(-c6cccoc7ccccc7cc6)cc5c5c6ccccc6ccc54)cc3)c2)c1. The van der Waals surface area contributed by atoms with Crippen molar-refractivity contribution >= 4 is 43.5 Å². The molecule has 9 rings (SSSR count). The number of para-hydroxylation sites is 1. The number of fused-ring (bicyclic) bond motifs is 6. The van der Waals surface area contributed by atoms with Crippen LogP contribution < -0.4 is 0 Å². The van der Waals surface area contributed by atoms with Gasteiger partial charge in [0.2, 0.25) is 0 Å². The van der Waals surface area contributed by atoms with E-state index in [1.807, 2.05) is 30.5 Å². The van der Waals surface area contributed by atoms with Crippen LogP contribution in [0.5, 0.6) is 0 Å². The Morgan fingerprint density at radius 1 is 0.490 bits per heavy atom. The summed E-state index contributed by atoms with van der Waals surface area (Å²) in [5.41, 5.74) is 12.2. The van der Waals surface area contributed by atoms with Crippen LogP contribution in [0.1, 0.15) is 5.56 Å². The summed E-state index contributed by atoms with van der Waals surface area (Å²) in [5, 5.41) is 5.99. The molecule has 0 amide bonds. The summed E-state index contributed by atoms with van der Waals surface area (Å²) in [4.78, 5) is 4.74. The van der Waals surface area contributed by atoms with Crippen molar-refractivity contribution in [2.75, 3.05) is 0 Å². The molecule has 0 aliphatic carbocycles. The standard InChI is InChI=1S/C46H32N2O/c1-31-8-6-11-36(28-31)38-25-26-47-42(30-38)34-17-21-39(22-18-34)48-43-23-20-37(32-12-7-27-49-45-14-5-3-10-35(45)16-15-32)29-41(43)46-40-13-4-2-9-33(40)19-24-44(46)48/h2-30H,1H3. The van der Waals surface area contributed by atoms with Crippen LogP contribution in [0.15, 0.2) is 181 Å². The van der Waals surface area contributed by atoms with Crippen molar-refractivity contribution in [1.29, 1.82) is 0 Å². The van der Waals surface area contributed by atoms with Crippen molar-refractivity contribution in [3.05, 3.63) is 182 Å². The fraction of sp³-hybridized carbons (Fsp3) is 0.0217. The number of pyridine rings is 1. The maximum absolute atomic E-state index is 5.90. The van der Waals surface area contributed by atoms with Gasteiger partial charge in [0.15, 0.2) is 0 Å². The van der Waals surface area contributed by atoms with Gasteiger partial charge < -0.3 is 8.98 Å². The highest BCUT2D eigenvalue weighted by molar-refractivity contribution is 6.21. The number of nitrogens with zero attached hydrogens (tertiary/aromatic N) is 2. The number of benzene rings is 6. The van der Waals surface area contributed by atoms with E-state index in [9.17, 15) is 0 Å². The first-order valence-electron chi connectivity index (χ1n) is 16.6. The number of hydrogen-bond donors (Lipinski definition) is 0. The monoisotopic (exact) mass is 628 g/mol. The van der Waals surface area contributed by atoms with Crippen LogP contribution in [0.4, 0.5) is 0 Å². The molecule has 3 nitrogen and oxygen atoms in total. The molecule has 0 atom stereocenters. The van der Waals surface area contributed by atoms with Gasteiger partial charge in [-0.2, -0.15) is 0 Å². The van der Waals surface area contributed by atoms with Crippen molar-refractivity contribution < 1.29 is 4.42 Å². The fourth-order valence-corrected chi connectivity index (χ4v) is 7.03. The highest BCUT2D eigenvalue weighted by atomic mass is 16.3. The number of aryl methyl sites for hydroxylation is 1. The van der Waals surface area contributed by atoms with Crippen molar-refractivity contribution in [3.63, 3.8) is 0 Å².